The summed E-state index contributed by atoms with van der Waals surface area (Å²) in [5.74, 6) is -17.0. The molecule has 0 aliphatic carbocycles. The summed E-state index contributed by atoms with van der Waals surface area (Å²) in [4.78, 5) is 241. The van der Waals surface area contributed by atoms with Crippen molar-refractivity contribution in [1.82, 2.24) is 72.4 Å². The first-order chi connectivity index (χ1) is 61.9. The number of phenolic OH excluding ortho intramolecular Hbond substituents is 1. The normalized spacial score (nSPS) is 21.8. The van der Waals surface area contributed by atoms with E-state index >= 15 is 38.4 Å². The van der Waals surface area contributed by atoms with Crippen LogP contribution >= 0.6 is 23.1 Å². The number of unbranched alkanes of at least 4 members (excludes halogenated alkanes) is 1. The molecule has 11 atom stereocenters. The van der Waals surface area contributed by atoms with Gasteiger partial charge in [-0.25, -0.2) is 0 Å². The second-order valence-corrected chi connectivity index (χ2v) is 35.3. The summed E-state index contributed by atoms with van der Waals surface area (Å²) < 4.78 is 0.828. The fourth-order valence-electron chi connectivity index (χ4n) is 15.0. The molecule has 36 heteroatoms. The van der Waals surface area contributed by atoms with Gasteiger partial charge in [0.25, 0.3) is 0 Å². The van der Waals surface area contributed by atoms with E-state index in [4.69, 9.17) is 11.5 Å². The van der Waals surface area contributed by atoms with Gasteiger partial charge in [-0.1, -0.05) is 193 Å². The summed E-state index contributed by atoms with van der Waals surface area (Å²) in [5.41, 5.74) is 15.4. The van der Waals surface area contributed by atoms with Gasteiger partial charge in [-0.3, -0.25) is 76.7 Å². The Hall–Kier alpha value is -13.1. The number of rotatable bonds is 24. The molecule has 1 aliphatic heterocycles. The Balaban J connectivity index is 1.22. The van der Waals surface area contributed by atoms with Gasteiger partial charge >= 0.3 is 5.97 Å². The van der Waals surface area contributed by atoms with Crippen LogP contribution in [0.1, 0.15) is 106 Å². The molecule has 0 spiro atoms. The van der Waals surface area contributed by atoms with Gasteiger partial charge in [0.05, 0.1) is 31.8 Å². The number of fused-ring (bicyclic) bond motifs is 1. The average Bonchev–Trinajstić information content (AvgIpc) is 1.47. The smallest absolute Gasteiger partial charge is 0.305 e. The lowest BCUT2D eigenvalue weighted by Gasteiger charge is -2.37. The molecule has 15 amide bonds. The number of carbonyl (C=O) groups excluding carboxylic acids is 15. The van der Waals surface area contributed by atoms with Crippen molar-refractivity contribution in [2.45, 2.75) is 178 Å². The van der Waals surface area contributed by atoms with E-state index in [1.54, 1.807) is 154 Å². The SMILES string of the molecule is CCCCC1C(=O)N(C)CC(=O)NC(CC(=O)O)C(=O)NC(C(C)C)C(=O)N(C)C(Cc2ccccc2)C(=O)NC(Cc2ccc(CN)cc2)C(=O)N(C)CC(=O)NC(Cc2csc3ccccc23)C(=O)NC(Cc2ccc(O)cc2)C(=O)NC(CC(C)C)C(=O)NC(C(=O)NCC(N)=O)CSCC(=O)NC(Cc2ccccc2)C(=O)N(C)C(Cc2ccccc2)C(=O)N1C. The Kier molecular flexibility index (Phi) is 39.4. The van der Waals surface area contributed by atoms with Gasteiger partial charge < -0.3 is 94.0 Å². The number of thioether (sulfide) groups is 1. The van der Waals surface area contributed by atoms with Gasteiger partial charge in [-0.05, 0) is 92.6 Å². The lowest BCUT2D eigenvalue weighted by molar-refractivity contribution is -0.151. The van der Waals surface area contributed by atoms with Crippen LogP contribution in [0.5, 0.6) is 5.75 Å². The van der Waals surface area contributed by atoms with Crippen molar-refractivity contribution in [1.29, 1.82) is 0 Å². The van der Waals surface area contributed by atoms with E-state index in [1.165, 1.54) is 80.6 Å². The number of hydrogen-bond acceptors (Lipinski definition) is 20. The third-order valence-corrected chi connectivity index (χ3v) is 24.3. The maximum Gasteiger partial charge on any atom is 0.305 e. The van der Waals surface area contributed by atoms with Crippen molar-refractivity contribution in [2.75, 3.05) is 66.4 Å². The van der Waals surface area contributed by atoms with Crippen LogP contribution in [0.3, 0.4) is 0 Å². The number of carboxylic acid groups (broad SMARTS) is 1. The highest BCUT2D eigenvalue weighted by Gasteiger charge is 2.42. The molecule has 11 unspecified atom stereocenters. The number of benzene rings is 6. The van der Waals surface area contributed by atoms with Crippen molar-refractivity contribution < 1.29 is 86.9 Å². The number of carbonyl (C=O) groups is 16. The quantitative estimate of drug-likeness (QED) is 0.0414. The van der Waals surface area contributed by atoms with Crippen LogP contribution in [-0.4, -0.2) is 262 Å². The topological polar surface area (TPSA) is 490 Å². The number of carboxylic acids is 1. The zero-order chi connectivity index (χ0) is 95.0. The van der Waals surface area contributed by atoms with Gasteiger partial charge in [-0.15, -0.1) is 23.1 Å². The highest BCUT2D eigenvalue weighted by molar-refractivity contribution is 8.00. The minimum absolute atomic E-state index is 0.0350. The Morgan fingerprint density at radius 1 is 0.469 bits per heavy atom. The van der Waals surface area contributed by atoms with Crippen molar-refractivity contribution >= 4 is 128 Å². The third-order valence-electron chi connectivity index (χ3n) is 22.3. The molecule has 6 aromatic carbocycles. The van der Waals surface area contributed by atoms with Crippen molar-refractivity contribution in [3.63, 3.8) is 0 Å². The lowest BCUT2D eigenvalue weighted by Crippen LogP contribution is -2.61. The molecular formula is C94H120N16O18S2. The van der Waals surface area contributed by atoms with Crippen molar-refractivity contribution in [3.8, 4) is 5.75 Å². The summed E-state index contributed by atoms with van der Waals surface area (Å²) in [6, 6.07) is 29.0. The van der Waals surface area contributed by atoms with Crippen LogP contribution in [0.4, 0.5) is 0 Å². The maximum atomic E-state index is 15.5. The standard InChI is InChI=1S/C94H120N16O18S2/c1-11-12-31-74-92(126)107(7)52-80(114)99-70(48-82(116)117)88(122)105-83(57(4)5)94(128)109(9)75(45-59-26-18-14-19-27-59)89(123)103-71(44-61-33-35-63(49-95)36-34-61)90(124)106(6)51-79(113)98-69(47-64-53-130-77-32-23-22-30-66(64)77)87(121)102-68(42-62-37-39-65(111)40-38-62)86(120)101-67(41-56(2)3)85(119)104-73(84(118)97-50-78(96)112)54-129-55-81(115)100-72(43-58-24-16-13-17-25-58)91(125)110(10)76(93(127)108(74)8)46-60-28-20-15-21-29-60/h13-30,32-40,53,56-57,67-76,83,111H,11-12,31,41-52,54-55,95H2,1-10H3,(H2,96,112)(H,97,118)(H,98,113)(H,99,114)(H,100,115)(H,101,120)(H,102,121)(H,103,123)(H,104,119)(H,105,122)(H,116,117). The lowest BCUT2D eigenvalue weighted by atomic mass is 9.98. The summed E-state index contributed by atoms with van der Waals surface area (Å²) in [6.07, 6.45) is -1.32. The number of thiophene rings is 1. The molecule has 0 bridgehead atoms. The number of hydrogen-bond donors (Lipinski definition) is 13. The first-order valence-electron chi connectivity index (χ1n) is 43.1. The number of phenols is 1. The molecule has 1 aromatic heterocycles. The maximum absolute atomic E-state index is 15.5. The average molecular weight is 1830 g/mol. The summed E-state index contributed by atoms with van der Waals surface area (Å²) in [5, 5.41) is 47.3. The number of likely N-dealkylation sites (N-methyl/N-ethyl adjacent to an activating group) is 5. The fourth-order valence-corrected chi connectivity index (χ4v) is 16.9. The van der Waals surface area contributed by atoms with Crippen molar-refractivity contribution in [2.24, 2.45) is 23.3 Å². The molecule has 1 aliphatic rings. The van der Waals surface area contributed by atoms with Crippen LogP contribution in [0.25, 0.3) is 10.1 Å². The van der Waals surface area contributed by atoms with E-state index in [2.05, 4.69) is 47.9 Å². The highest BCUT2D eigenvalue weighted by Crippen LogP contribution is 2.28. The number of nitrogens with zero attached hydrogens (tertiary/aromatic N) is 5. The largest absolute Gasteiger partial charge is 0.508 e. The number of nitrogens with one attached hydrogen (secondary N) is 9. The monoisotopic (exact) mass is 1820 g/mol. The van der Waals surface area contributed by atoms with Crippen LogP contribution < -0.4 is 59.3 Å². The van der Waals surface area contributed by atoms with Gasteiger partial charge in [-0.2, -0.15) is 0 Å². The molecular weight excluding hydrogens is 1710 g/mol. The number of aromatic hydroxyl groups is 1. The second-order valence-electron chi connectivity index (χ2n) is 33.3. The zero-order valence-electron chi connectivity index (χ0n) is 74.8. The van der Waals surface area contributed by atoms with E-state index in [9.17, 15) is 48.6 Å². The van der Waals surface area contributed by atoms with E-state index in [0.29, 0.717) is 46.2 Å². The van der Waals surface area contributed by atoms with E-state index in [1.807, 2.05) is 25.1 Å². The Morgan fingerprint density at radius 3 is 1.48 bits per heavy atom. The molecule has 696 valence electrons. The molecule has 0 radical (unpaired) electrons. The van der Waals surface area contributed by atoms with Crippen LogP contribution in [0.2, 0.25) is 0 Å². The number of nitrogens with two attached hydrogens (primary N) is 2. The Labute approximate surface area is 764 Å². The van der Waals surface area contributed by atoms with Gasteiger partial charge in [0.15, 0.2) is 0 Å². The number of amides is 15. The molecule has 1 fully saturated rings. The van der Waals surface area contributed by atoms with E-state index in [0.717, 1.165) is 42.1 Å². The van der Waals surface area contributed by atoms with E-state index in [-0.39, 0.29) is 75.3 Å². The van der Waals surface area contributed by atoms with Crippen LogP contribution in [0, 0.1) is 11.8 Å². The molecule has 8 rings (SSSR count). The van der Waals surface area contributed by atoms with E-state index < -0.39 is 199 Å². The van der Waals surface area contributed by atoms with Gasteiger partial charge in [0.1, 0.15) is 72.2 Å². The summed E-state index contributed by atoms with van der Waals surface area (Å²) >= 11 is 2.20. The van der Waals surface area contributed by atoms with Gasteiger partial charge in [0, 0.05) is 90.8 Å². The number of aliphatic carboxylic acids is 1. The predicted octanol–water partition coefficient (Wildman–Crippen LogP) is 2.81. The van der Waals surface area contributed by atoms with Crippen molar-refractivity contribution in [3.05, 3.63) is 208 Å². The molecule has 130 heavy (non-hydrogen) atoms. The predicted molar refractivity (Wildman–Crippen MR) is 492 cm³/mol. The molecule has 1 saturated heterocycles. The molecule has 34 nitrogen and oxygen atoms in total. The Bertz CT molecular complexity index is 5090. The van der Waals surface area contributed by atoms with Gasteiger partial charge in [0.2, 0.25) is 88.6 Å². The molecule has 0 saturated carbocycles. The second kappa shape index (κ2) is 50.0. The Morgan fingerprint density at radius 2 is 0.923 bits per heavy atom. The third kappa shape index (κ3) is 30.8. The first kappa shape index (κ1) is 102. The molecule has 2 heterocycles. The fraction of sp³-hybridized carbons (Fsp3) is 0.426. The zero-order valence-corrected chi connectivity index (χ0v) is 76.5. The molecule has 15 N–H and O–H groups in total. The summed E-state index contributed by atoms with van der Waals surface area (Å²) in [6.45, 7) is 6.43. The number of primary amides is 1. The minimum atomic E-state index is -1.90. The minimum Gasteiger partial charge on any atom is -0.508 e. The highest BCUT2D eigenvalue weighted by atomic mass is 32.2. The summed E-state index contributed by atoms with van der Waals surface area (Å²) in [7, 11) is 6.61. The van der Waals surface area contributed by atoms with Crippen LogP contribution in [-0.2, 0) is 122 Å². The first-order valence-corrected chi connectivity index (χ1v) is 45.1. The molecule has 7 aromatic rings. The van der Waals surface area contributed by atoms with Crippen LogP contribution in [0.15, 0.2) is 169 Å².